The van der Waals surface area contributed by atoms with Crippen LogP contribution in [0, 0.1) is 11.3 Å². The lowest BCUT2D eigenvalue weighted by atomic mass is 10.2. The van der Waals surface area contributed by atoms with Gasteiger partial charge < -0.3 is 4.74 Å². The van der Waals surface area contributed by atoms with Crippen LogP contribution in [-0.4, -0.2) is 18.3 Å². The van der Waals surface area contributed by atoms with E-state index in [1.165, 1.54) is 11.8 Å². The number of carbonyl (C=O) groups is 1. The SMILES string of the molecule is CCOC(=O)CSc1ccc(C#N)cc1Br. The third kappa shape index (κ3) is 3.87. The molecule has 1 aromatic carbocycles. The molecule has 0 aliphatic rings. The zero-order chi connectivity index (χ0) is 12.0. The molecule has 0 N–H and O–H groups in total. The Morgan fingerprint density at radius 2 is 2.38 bits per heavy atom. The number of nitriles is 1. The molecule has 0 unspecified atom stereocenters. The maximum atomic E-state index is 11.1. The van der Waals surface area contributed by atoms with Crippen molar-refractivity contribution in [3.63, 3.8) is 0 Å². The first kappa shape index (κ1) is 13.1. The Morgan fingerprint density at radius 1 is 1.62 bits per heavy atom. The van der Waals surface area contributed by atoms with Crippen molar-refractivity contribution in [2.24, 2.45) is 0 Å². The third-order valence-corrected chi connectivity index (χ3v) is 3.68. The highest BCUT2D eigenvalue weighted by Gasteiger charge is 2.06. The van der Waals surface area contributed by atoms with E-state index < -0.39 is 0 Å². The molecule has 0 atom stereocenters. The average Bonchev–Trinajstić information content (AvgIpc) is 2.27. The summed E-state index contributed by atoms with van der Waals surface area (Å²) in [6, 6.07) is 7.31. The molecule has 1 aromatic rings. The molecule has 0 aliphatic carbocycles. The van der Waals surface area contributed by atoms with Gasteiger partial charge in [-0.3, -0.25) is 4.79 Å². The molecule has 0 aliphatic heterocycles. The van der Waals surface area contributed by atoms with Gasteiger partial charge >= 0.3 is 5.97 Å². The van der Waals surface area contributed by atoms with Gasteiger partial charge in [0.15, 0.2) is 0 Å². The molecule has 3 nitrogen and oxygen atoms in total. The summed E-state index contributed by atoms with van der Waals surface area (Å²) in [7, 11) is 0. The van der Waals surface area contributed by atoms with Crippen molar-refractivity contribution in [2.45, 2.75) is 11.8 Å². The Morgan fingerprint density at radius 3 is 2.94 bits per heavy atom. The Balaban J connectivity index is 2.62. The normalized spacial score (nSPS) is 9.56. The number of hydrogen-bond acceptors (Lipinski definition) is 4. The molecule has 1 rings (SSSR count). The van der Waals surface area contributed by atoms with Crippen molar-refractivity contribution in [2.75, 3.05) is 12.4 Å². The first-order chi connectivity index (χ1) is 7.67. The number of hydrogen-bond donors (Lipinski definition) is 0. The topological polar surface area (TPSA) is 50.1 Å². The largest absolute Gasteiger partial charge is 0.465 e. The minimum atomic E-state index is -0.233. The van der Waals surface area contributed by atoms with Crippen molar-refractivity contribution in [3.8, 4) is 6.07 Å². The molecular weight excluding hydrogens is 290 g/mol. The quantitative estimate of drug-likeness (QED) is 0.633. The monoisotopic (exact) mass is 299 g/mol. The number of carbonyl (C=O) groups excluding carboxylic acids is 1. The second-order valence-corrected chi connectivity index (χ2v) is 4.72. The summed E-state index contributed by atoms with van der Waals surface area (Å²) in [5, 5.41) is 8.69. The Labute approximate surface area is 107 Å². The Bertz CT molecular complexity index is 428. The van der Waals surface area contributed by atoms with Crippen LogP contribution in [0.25, 0.3) is 0 Å². The fourth-order valence-corrected chi connectivity index (χ4v) is 2.47. The fourth-order valence-electron chi connectivity index (χ4n) is 1.03. The minimum Gasteiger partial charge on any atom is -0.465 e. The van der Waals surface area contributed by atoms with E-state index in [-0.39, 0.29) is 11.7 Å². The van der Waals surface area contributed by atoms with E-state index in [1.807, 2.05) is 12.1 Å². The molecule has 16 heavy (non-hydrogen) atoms. The summed E-state index contributed by atoms with van der Waals surface area (Å²) in [5.74, 6) is 0.0435. The second kappa shape index (κ2) is 6.56. The van der Waals surface area contributed by atoms with E-state index in [9.17, 15) is 4.79 Å². The highest BCUT2D eigenvalue weighted by Crippen LogP contribution is 2.28. The zero-order valence-corrected chi connectivity index (χ0v) is 11.1. The van der Waals surface area contributed by atoms with E-state index in [0.717, 1.165) is 9.37 Å². The summed E-state index contributed by atoms with van der Waals surface area (Å²) in [6.07, 6.45) is 0. The highest BCUT2D eigenvalue weighted by molar-refractivity contribution is 9.10. The fraction of sp³-hybridized carbons (Fsp3) is 0.273. The maximum Gasteiger partial charge on any atom is 0.316 e. The van der Waals surface area contributed by atoms with Gasteiger partial charge in [0.25, 0.3) is 0 Å². The van der Waals surface area contributed by atoms with Crippen molar-refractivity contribution in [1.29, 1.82) is 5.26 Å². The molecule has 84 valence electrons. The van der Waals surface area contributed by atoms with E-state index in [4.69, 9.17) is 10.00 Å². The van der Waals surface area contributed by atoms with Gasteiger partial charge in [-0.05, 0) is 41.1 Å². The summed E-state index contributed by atoms with van der Waals surface area (Å²) >= 11 is 4.74. The number of ether oxygens (including phenoxy) is 1. The predicted molar refractivity (Wildman–Crippen MR) is 66.2 cm³/mol. The number of nitrogens with zero attached hydrogens (tertiary/aromatic N) is 1. The predicted octanol–water partition coefficient (Wildman–Crippen LogP) is 2.98. The molecule has 0 bridgehead atoms. The molecule has 0 saturated heterocycles. The number of thioether (sulfide) groups is 1. The molecule has 5 heteroatoms. The van der Waals surface area contributed by atoms with Crippen LogP contribution in [0.1, 0.15) is 12.5 Å². The number of esters is 1. The summed E-state index contributed by atoms with van der Waals surface area (Å²) < 4.78 is 5.64. The Hall–Kier alpha value is -0.990. The lowest BCUT2D eigenvalue weighted by Gasteiger charge is -2.04. The van der Waals surface area contributed by atoms with Crippen LogP contribution in [0.15, 0.2) is 27.6 Å². The van der Waals surface area contributed by atoms with Crippen LogP contribution in [0.4, 0.5) is 0 Å². The van der Waals surface area contributed by atoms with Crippen LogP contribution in [-0.2, 0) is 9.53 Å². The van der Waals surface area contributed by atoms with Crippen molar-refractivity contribution in [3.05, 3.63) is 28.2 Å². The molecule has 0 fully saturated rings. The van der Waals surface area contributed by atoms with Crippen LogP contribution in [0.5, 0.6) is 0 Å². The van der Waals surface area contributed by atoms with Crippen LogP contribution in [0.2, 0.25) is 0 Å². The van der Waals surface area contributed by atoms with Crippen LogP contribution < -0.4 is 0 Å². The van der Waals surface area contributed by atoms with E-state index in [0.29, 0.717) is 12.2 Å². The van der Waals surface area contributed by atoms with E-state index in [2.05, 4.69) is 15.9 Å². The van der Waals surface area contributed by atoms with Crippen LogP contribution >= 0.6 is 27.7 Å². The smallest absolute Gasteiger partial charge is 0.316 e. The first-order valence-electron chi connectivity index (χ1n) is 4.65. The summed E-state index contributed by atoms with van der Waals surface area (Å²) in [5.41, 5.74) is 0.590. The molecule has 0 spiro atoms. The molecule has 0 amide bonds. The molecule has 0 heterocycles. The van der Waals surface area contributed by atoms with Gasteiger partial charge in [0, 0.05) is 9.37 Å². The number of rotatable bonds is 4. The molecule has 0 saturated carbocycles. The van der Waals surface area contributed by atoms with Gasteiger partial charge in [-0.15, -0.1) is 11.8 Å². The maximum absolute atomic E-state index is 11.1. The molecule has 0 aromatic heterocycles. The standard InChI is InChI=1S/C11H10BrNO2S/c1-2-15-11(14)7-16-10-4-3-8(6-13)5-9(10)12/h3-5H,2,7H2,1H3. The van der Waals surface area contributed by atoms with Crippen molar-refractivity contribution < 1.29 is 9.53 Å². The van der Waals surface area contributed by atoms with Gasteiger partial charge in [-0.1, -0.05) is 0 Å². The van der Waals surface area contributed by atoms with E-state index in [1.54, 1.807) is 19.1 Å². The molecular formula is C11H10BrNO2S. The van der Waals surface area contributed by atoms with Crippen LogP contribution in [0.3, 0.4) is 0 Å². The van der Waals surface area contributed by atoms with Gasteiger partial charge in [0.05, 0.1) is 24.0 Å². The van der Waals surface area contributed by atoms with Gasteiger partial charge in [-0.25, -0.2) is 0 Å². The number of benzene rings is 1. The number of halogens is 1. The third-order valence-electron chi connectivity index (χ3n) is 1.71. The first-order valence-corrected chi connectivity index (χ1v) is 6.43. The zero-order valence-electron chi connectivity index (χ0n) is 8.70. The summed E-state index contributed by atoms with van der Waals surface area (Å²) in [6.45, 7) is 2.17. The van der Waals surface area contributed by atoms with Crippen molar-refractivity contribution >= 4 is 33.7 Å². The summed E-state index contributed by atoms with van der Waals surface area (Å²) in [4.78, 5) is 12.1. The van der Waals surface area contributed by atoms with Gasteiger partial charge in [0.2, 0.25) is 0 Å². The van der Waals surface area contributed by atoms with Gasteiger partial charge in [0.1, 0.15) is 0 Å². The highest BCUT2D eigenvalue weighted by atomic mass is 79.9. The van der Waals surface area contributed by atoms with Gasteiger partial charge in [-0.2, -0.15) is 5.26 Å². The van der Waals surface area contributed by atoms with E-state index >= 15 is 0 Å². The van der Waals surface area contributed by atoms with Crippen molar-refractivity contribution in [1.82, 2.24) is 0 Å². The second-order valence-electron chi connectivity index (χ2n) is 2.85. The minimum absolute atomic E-state index is 0.233. The lowest BCUT2D eigenvalue weighted by Crippen LogP contribution is -2.06. The average molecular weight is 300 g/mol. The molecule has 0 radical (unpaired) electrons. The lowest BCUT2D eigenvalue weighted by molar-refractivity contribution is -0.139. The Kier molecular flexibility index (Phi) is 5.36.